The molecule has 3 fully saturated rings. The predicted octanol–water partition coefficient (Wildman–Crippen LogP) is 3.52. The largest absolute Gasteiger partial charge is 0.493 e. The van der Waals surface area contributed by atoms with Crippen molar-refractivity contribution in [2.24, 2.45) is 11.8 Å². The number of fused-ring (bicyclic) bond motifs is 1. The normalized spacial score (nSPS) is 23.5. The van der Waals surface area contributed by atoms with E-state index in [1.54, 1.807) is 32.4 Å². The van der Waals surface area contributed by atoms with E-state index in [1.165, 1.54) is 0 Å². The van der Waals surface area contributed by atoms with E-state index in [0.29, 0.717) is 55.1 Å². The maximum Gasteiger partial charge on any atom is 0.272 e. The highest BCUT2D eigenvalue weighted by Crippen LogP contribution is 2.36. The number of benzene rings is 1. The van der Waals surface area contributed by atoms with Crippen molar-refractivity contribution in [1.82, 2.24) is 20.6 Å². The molecule has 1 saturated heterocycles. The Kier molecular flexibility index (Phi) is 10.3. The number of hydrogen-bond donors (Lipinski definition) is 2. The van der Waals surface area contributed by atoms with Crippen LogP contribution in [0.15, 0.2) is 29.5 Å². The molecule has 0 aromatic heterocycles. The molecule has 1 unspecified atom stereocenters. The zero-order valence-corrected chi connectivity index (χ0v) is 25.7. The second kappa shape index (κ2) is 14.1. The second-order valence-electron chi connectivity index (χ2n) is 12.3. The fourth-order valence-corrected chi connectivity index (χ4v) is 6.42. The number of methoxy groups -OCH3 is 2. The number of ether oxygens (including phenoxy) is 3. The van der Waals surface area contributed by atoms with Crippen LogP contribution in [0.3, 0.4) is 0 Å². The Morgan fingerprint density at radius 1 is 1.00 bits per heavy atom. The fourth-order valence-electron chi connectivity index (χ4n) is 6.42. The number of rotatable bonds is 14. The van der Waals surface area contributed by atoms with E-state index in [1.807, 2.05) is 4.90 Å². The van der Waals surface area contributed by atoms with Crippen LogP contribution in [0.4, 0.5) is 0 Å². The zero-order valence-electron chi connectivity index (χ0n) is 25.7. The van der Waals surface area contributed by atoms with E-state index in [2.05, 4.69) is 29.5 Å². The van der Waals surface area contributed by atoms with Crippen LogP contribution in [-0.2, 0) is 14.4 Å². The Bertz CT molecular complexity index is 1140. The lowest BCUT2D eigenvalue weighted by atomic mass is 9.90. The fraction of sp³-hybridized carbons (Fsp3) is 0.688. The third kappa shape index (κ3) is 7.03. The molecule has 2 heterocycles. The van der Waals surface area contributed by atoms with Crippen molar-refractivity contribution in [3.05, 3.63) is 35.0 Å². The molecule has 2 N–H and O–H groups in total. The Morgan fingerprint density at radius 3 is 2.50 bits per heavy atom. The second-order valence-corrected chi connectivity index (χ2v) is 12.3. The van der Waals surface area contributed by atoms with Crippen LogP contribution in [0.1, 0.15) is 69.2 Å². The monoisotopic (exact) mass is 584 g/mol. The lowest BCUT2D eigenvalue weighted by Gasteiger charge is -2.34. The minimum atomic E-state index is -0.0298. The molecule has 1 aromatic rings. The van der Waals surface area contributed by atoms with Gasteiger partial charge in [0.25, 0.3) is 11.8 Å². The molecule has 2 aliphatic carbocycles. The van der Waals surface area contributed by atoms with Gasteiger partial charge in [0.2, 0.25) is 0 Å². The summed E-state index contributed by atoms with van der Waals surface area (Å²) in [6.45, 7) is 8.15. The van der Waals surface area contributed by atoms with Gasteiger partial charge < -0.3 is 29.3 Å². The lowest BCUT2D eigenvalue weighted by molar-refractivity contribution is -0.130. The molecular formula is C32H48N4O6. The summed E-state index contributed by atoms with van der Waals surface area (Å²) in [4.78, 5) is 37.5. The first kappa shape index (κ1) is 30.6. The molecule has 3 atom stereocenters. The third-order valence-corrected chi connectivity index (χ3v) is 9.03. The van der Waals surface area contributed by atoms with E-state index in [0.717, 1.165) is 63.6 Å². The summed E-state index contributed by atoms with van der Waals surface area (Å²) in [7, 11) is 3.26. The quantitative estimate of drug-likeness (QED) is 0.321. The highest BCUT2D eigenvalue weighted by molar-refractivity contribution is 5.95. The summed E-state index contributed by atoms with van der Waals surface area (Å²) in [5.74, 6) is 1.70. The summed E-state index contributed by atoms with van der Waals surface area (Å²) in [5, 5.41) is 3.55. The van der Waals surface area contributed by atoms with Gasteiger partial charge in [-0.05, 0) is 81.6 Å². The van der Waals surface area contributed by atoms with Crippen molar-refractivity contribution in [1.29, 1.82) is 0 Å². The summed E-state index contributed by atoms with van der Waals surface area (Å²) >= 11 is 0. The minimum absolute atomic E-state index is 0.0168. The molecule has 10 heteroatoms. The smallest absolute Gasteiger partial charge is 0.272 e. The highest BCUT2D eigenvalue weighted by Gasteiger charge is 2.42. The number of carbonyl (C=O) groups is 2. The van der Waals surface area contributed by atoms with Gasteiger partial charge in [-0.3, -0.25) is 19.9 Å². The van der Waals surface area contributed by atoms with Gasteiger partial charge in [-0.25, -0.2) is 0 Å². The van der Waals surface area contributed by atoms with Crippen molar-refractivity contribution in [2.75, 3.05) is 53.6 Å². The van der Waals surface area contributed by atoms with Crippen LogP contribution in [0.25, 0.3) is 0 Å². The minimum Gasteiger partial charge on any atom is -0.493 e. The summed E-state index contributed by atoms with van der Waals surface area (Å²) in [5.41, 5.74) is 5.40. The molecule has 2 aliphatic heterocycles. The molecule has 10 nitrogen and oxygen atoms in total. The first-order valence-corrected chi connectivity index (χ1v) is 15.7. The Hall–Kier alpha value is -2.82. The van der Waals surface area contributed by atoms with Gasteiger partial charge >= 0.3 is 0 Å². The zero-order chi connectivity index (χ0) is 29.6. The number of carbonyl (C=O) groups excluding carboxylic acids is 2. The van der Waals surface area contributed by atoms with Crippen LogP contribution >= 0.6 is 0 Å². The number of hydrogen-bond acceptors (Lipinski definition) is 8. The van der Waals surface area contributed by atoms with Crippen molar-refractivity contribution in [3.63, 3.8) is 0 Å². The average molecular weight is 585 g/mol. The van der Waals surface area contributed by atoms with E-state index in [-0.39, 0.29) is 35.8 Å². The molecule has 0 bridgehead atoms. The molecule has 4 aliphatic rings. The molecule has 0 spiro atoms. The van der Waals surface area contributed by atoms with Gasteiger partial charge in [0.05, 0.1) is 13.7 Å². The standard InChI is InChI=1S/C32H48N4O6/c1-21(2)35(31(37)22-10-13-28(40-4)29(16-22)41-15-7-14-39-3)19-23-17-33-18-24(23)20-36(25-11-12-25)32(38)30-26-8-5-6-9-27(26)42-34-30/h10,13,16,21,23-25,27,33-34H,5-9,11-12,14-15,17-20H2,1-4H3/t23-,24-,27?/m0/s1. The van der Waals surface area contributed by atoms with E-state index in [9.17, 15) is 9.59 Å². The van der Waals surface area contributed by atoms with Gasteiger partial charge in [-0.2, -0.15) is 0 Å². The van der Waals surface area contributed by atoms with Gasteiger partial charge in [0, 0.05) is 64.0 Å². The van der Waals surface area contributed by atoms with Gasteiger partial charge in [0.15, 0.2) is 11.5 Å². The number of hydroxylamine groups is 1. The van der Waals surface area contributed by atoms with Crippen LogP contribution in [-0.4, -0.2) is 93.4 Å². The molecule has 5 rings (SSSR count). The Labute approximate surface area is 250 Å². The molecule has 1 aromatic carbocycles. The predicted molar refractivity (Wildman–Crippen MR) is 159 cm³/mol. The SMILES string of the molecule is COCCCOc1cc(C(=O)N(C[C@@H]2CNC[C@H]2CN(C(=O)C2=C3CCCCC3ON2)C2CC2)C(C)C)ccc1OC. The van der Waals surface area contributed by atoms with Gasteiger partial charge in [0.1, 0.15) is 11.8 Å². The summed E-state index contributed by atoms with van der Waals surface area (Å²) in [6.07, 6.45) is 7.05. The van der Waals surface area contributed by atoms with Crippen LogP contribution in [0, 0.1) is 11.8 Å². The highest BCUT2D eigenvalue weighted by atomic mass is 16.7. The van der Waals surface area contributed by atoms with E-state index >= 15 is 0 Å². The number of nitrogens with zero attached hydrogens (tertiary/aromatic N) is 2. The van der Waals surface area contributed by atoms with Gasteiger partial charge in [-0.1, -0.05) is 6.42 Å². The van der Waals surface area contributed by atoms with E-state index in [4.69, 9.17) is 19.0 Å². The first-order valence-electron chi connectivity index (χ1n) is 15.7. The van der Waals surface area contributed by atoms with Crippen LogP contribution in [0.2, 0.25) is 0 Å². The maximum absolute atomic E-state index is 13.9. The number of nitrogens with one attached hydrogen (secondary N) is 2. The third-order valence-electron chi connectivity index (χ3n) is 9.03. The van der Waals surface area contributed by atoms with Crippen molar-refractivity contribution in [2.45, 2.75) is 77.0 Å². The molecule has 0 radical (unpaired) electrons. The average Bonchev–Trinajstić information content (AvgIpc) is 3.59. The van der Waals surface area contributed by atoms with Gasteiger partial charge in [-0.15, -0.1) is 0 Å². The topological polar surface area (TPSA) is 102 Å². The molecule has 2 amide bonds. The van der Waals surface area contributed by atoms with Crippen molar-refractivity contribution >= 4 is 11.8 Å². The first-order chi connectivity index (χ1) is 20.4. The summed E-state index contributed by atoms with van der Waals surface area (Å²) in [6, 6.07) is 5.69. The molecule has 42 heavy (non-hydrogen) atoms. The number of amides is 2. The van der Waals surface area contributed by atoms with Crippen molar-refractivity contribution in [3.8, 4) is 11.5 Å². The Balaban J connectivity index is 1.27. The molecule has 2 saturated carbocycles. The van der Waals surface area contributed by atoms with Crippen LogP contribution < -0.4 is 20.3 Å². The lowest BCUT2D eigenvalue weighted by Crippen LogP contribution is -2.45. The van der Waals surface area contributed by atoms with Crippen LogP contribution in [0.5, 0.6) is 11.5 Å². The maximum atomic E-state index is 13.9. The molecular weight excluding hydrogens is 536 g/mol. The Morgan fingerprint density at radius 2 is 1.79 bits per heavy atom. The molecule has 232 valence electrons. The summed E-state index contributed by atoms with van der Waals surface area (Å²) < 4.78 is 16.5. The van der Waals surface area contributed by atoms with E-state index < -0.39 is 0 Å². The van der Waals surface area contributed by atoms with Crippen molar-refractivity contribution < 1.29 is 28.6 Å².